The van der Waals surface area contributed by atoms with Gasteiger partial charge in [0.15, 0.2) is 6.29 Å². The molecule has 31 heavy (non-hydrogen) atoms. The van der Waals surface area contributed by atoms with Gasteiger partial charge in [-0.25, -0.2) is 0 Å². The van der Waals surface area contributed by atoms with Crippen molar-refractivity contribution in [3.63, 3.8) is 0 Å². The van der Waals surface area contributed by atoms with Crippen molar-refractivity contribution in [1.29, 1.82) is 0 Å². The third-order valence-electron chi connectivity index (χ3n) is 8.85. The van der Waals surface area contributed by atoms with Crippen LogP contribution in [0.2, 0.25) is 0 Å². The van der Waals surface area contributed by atoms with E-state index in [0.29, 0.717) is 17.3 Å². The quantitative estimate of drug-likeness (QED) is 0.539. The van der Waals surface area contributed by atoms with Crippen LogP contribution in [0, 0.1) is 22.7 Å². The van der Waals surface area contributed by atoms with Crippen molar-refractivity contribution in [1.82, 2.24) is 0 Å². The lowest BCUT2D eigenvalue weighted by molar-refractivity contribution is -0.313. The van der Waals surface area contributed by atoms with Gasteiger partial charge in [0.2, 0.25) is 0 Å². The lowest BCUT2D eigenvalue weighted by Gasteiger charge is -2.57. The Kier molecular flexibility index (Phi) is 7.16. The molecule has 0 radical (unpaired) electrons. The van der Waals surface area contributed by atoms with Crippen molar-refractivity contribution >= 4 is 0 Å². The number of fused-ring (bicyclic) bond motifs is 1. The SMILES string of the molecule is C=C[C@@](C)(CC[C@H]1C(C)=CC[C@H]2C(C)(C)CCC[C@]12C)O[C@@H]1O[C@@H](C)[C@H](O)[C@@H](O)[C@H]1O. The predicted molar refractivity (Wildman–Crippen MR) is 122 cm³/mol. The summed E-state index contributed by atoms with van der Waals surface area (Å²) < 4.78 is 11.9. The normalized spacial score (nSPS) is 44.7. The number of aliphatic hydroxyl groups is 3. The molecule has 0 unspecified atom stereocenters. The Labute approximate surface area is 188 Å². The molecule has 0 aromatic carbocycles. The third-order valence-corrected chi connectivity index (χ3v) is 8.85. The highest BCUT2D eigenvalue weighted by Crippen LogP contribution is 2.60. The Morgan fingerprint density at radius 2 is 1.87 bits per heavy atom. The van der Waals surface area contributed by atoms with E-state index in [-0.39, 0.29) is 5.41 Å². The lowest BCUT2D eigenvalue weighted by atomic mass is 9.48. The number of ether oxygens (including phenoxy) is 2. The van der Waals surface area contributed by atoms with Crippen molar-refractivity contribution in [2.24, 2.45) is 22.7 Å². The molecule has 3 N–H and O–H groups in total. The van der Waals surface area contributed by atoms with Gasteiger partial charge in [-0.15, -0.1) is 6.58 Å². The first-order valence-electron chi connectivity index (χ1n) is 12.0. The van der Waals surface area contributed by atoms with E-state index in [4.69, 9.17) is 9.47 Å². The molecule has 0 aromatic rings. The van der Waals surface area contributed by atoms with Gasteiger partial charge in [0, 0.05) is 0 Å². The van der Waals surface area contributed by atoms with Crippen LogP contribution >= 0.6 is 0 Å². The van der Waals surface area contributed by atoms with Gasteiger partial charge in [-0.2, -0.15) is 0 Å². The van der Waals surface area contributed by atoms with Crippen LogP contribution in [0.25, 0.3) is 0 Å². The van der Waals surface area contributed by atoms with Gasteiger partial charge >= 0.3 is 0 Å². The summed E-state index contributed by atoms with van der Waals surface area (Å²) in [5, 5.41) is 30.5. The molecular weight excluding hydrogens is 392 g/mol. The molecule has 9 atom stereocenters. The number of aliphatic hydroxyl groups excluding tert-OH is 3. The van der Waals surface area contributed by atoms with Crippen LogP contribution in [-0.2, 0) is 9.47 Å². The first-order valence-corrected chi connectivity index (χ1v) is 12.0. The Morgan fingerprint density at radius 1 is 1.19 bits per heavy atom. The molecular formula is C26H44O5. The van der Waals surface area contributed by atoms with Crippen LogP contribution in [-0.4, -0.2) is 51.6 Å². The minimum atomic E-state index is -1.30. The Morgan fingerprint density at radius 3 is 2.52 bits per heavy atom. The molecule has 3 rings (SSSR count). The highest BCUT2D eigenvalue weighted by molar-refractivity contribution is 5.18. The van der Waals surface area contributed by atoms with E-state index in [0.717, 1.165) is 12.8 Å². The predicted octanol–water partition coefficient (Wildman–Crippen LogP) is 4.35. The van der Waals surface area contributed by atoms with E-state index in [2.05, 4.69) is 40.3 Å². The van der Waals surface area contributed by atoms with Gasteiger partial charge in [0.05, 0.1) is 11.7 Å². The third kappa shape index (κ3) is 4.67. The molecule has 5 heteroatoms. The van der Waals surface area contributed by atoms with Gasteiger partial charge in [0.25, 0.3) is 0 Å². The largest absolute Gasteiger partial charge is 0.388 e. The molecule has 0 spiro atoms. The molecule has 1 aliphatic heterocycles. The molecule has 0 aromatic heterocycles. The minimum Gasteiger partial charge on any atom is -0.388 e. The molecule has 1 saturated heterocycles. The molecule has 2 aliphatic carbocycles. The zero-order valence-corrected chi connectivity index (χ0v) is 20.3. The first-order chi connectivity index (χ1) is 14.3. The van der Waals surface area contributed by atoms with E-state index >= 15 is 0 Å². The van der Waals surface area contributed by atoms with Crippen molar-refractivity contribution < 1.29 is 24.8 Å². The first kappa shape index (κ1) is 24.9. The maximum atomic E-state index is 10.4. The van der Waals surface area contributed by atoms with E-state index in [1.807, 2.05) is 6.92 Å². The van der Waals surface area contributed by atoms with Gasteiger partial charge in [-0.1, -0.05) is 44.9 Å². The molecule has 178 valence electrons. The molecule has 1 saturated carbocycles. The maximum absolute atomic E-state index is 10.4. The van der Waals surface area contributed by atoms with Crippen LogP contribution in [0.4, 0.5) is 0 Å². The fourth-order valence-electron chi connectivity index (χ4n) is 6.71. The smallest absolute Gasteiger partial charge is 0.187 e. The van der Waals surface area contributed by atoms with Crippen LogP contribution in [0.1, 0.15) is 80.1 Å². The zero-order chi connectivity index (χ0) is 23.2. The fourth-order valence-corrected chi connectivity index (χ4v) is 6.71. The van der Waals surface area contributed by atoms with Crippen molar-refractivity contribution in [2.75, 3.05) is 0 Å². The molecule has 3 aliphatic rings. The van der Waals surface area contributed by atoms with E-state index in [9.17, 15) is 15.3 Å². The van der Waals surface area contributed by atoms with Crippen LogP contribution in [0.3, 0.4) is 0 Å². The van der Waals surface area contributed by atoms with Crippen LogP contribution in [0.15, 0.2) is 24.3 Å². The fraction of sp³-hybridized carbons (Fsp3) is 0.846. The van der Waals surface area contributed by atoms with Crippen LogP contribution in [0.5, 0.6) is 0 Å². The Balaban J connectivity index is 1.74. The monoisotopic (exact) mass is 436 g/mol. The molecule has 0 amide bonds. The summed E-state index contributed by atoms with van der Waals surface area (Å²) in [4.78, 5) is 0. The summed E-state index contributed by atoms with van der Waals surface area (Å²) >= 11 is 0. The van der Waals surface area contributed by atoms with Gasteiger partial charge < -0.3 is 24.8 Å². The summed E-state index contributed by atoms with van der Waals surface area (Å²) in [6.07, 6.45) is 5.58. The average Bonchev–Trinajstić information content (AvgIpc) is 2.69. The molecule has 1 heterocycles. The molecule has 2 fully saturated rings. The number of hydrogen-bond donors (Lipinski definition) is 3. The Hall–Kier alpha value is -0.720. The highest BCUT2D eigenvalue weighted by Gasteiger charge is 2.52. The number of rotatable bonds is 6. The van der Waals surface area contributed by atoms with E-state index in [1.54, 1.807) is 13.0 Å². The minimum absolute atomic E-state index is 0.276. The Bertz CT molecular complexity index is 687. The summed E-state index contributed by atoms with van der Waals surface area (Å²) in [7, 11) is 0. The second-order valence-corrected chi connectivity index (χ2v) is 11.5. The van der Waals surface area contributed by atoms with E-state index in [1.165, 1.54) is 31.3 Å². The average molecular weight is 437 g/mol. The number of allylic oxidation sites excluding steroid dienone is 2. The number of hydrogen-bond acceptors (Lipinski definition) is 5. The maximum Gasteiger partial charge on any atom is 0.187 e. The topological polar surface area (TPSA) is 79.2 Å². The zero-order valence-electron chi connectivity index (χ0n) is 20.3. The second-order valence-electron chi connectivity index (χ2n) is 11.5. The van der Waals surface area contributed by atoms with Gasteiger partial charge in [-0.3, -0.25) is 0 Å². The van der Waals surface area contributed by atoms with E-state index < -0.39 is 36.3 Å². The second kappa shape index (κ2) is 8.90. The standard InChI is InChI=1S/C26H44O5/c1-8-25(6,31-23-22(29)21(28)20(27)17(3)30-23)15-12-18-16(2)10-11-19-24(4,5)13-9-14-26(18,19)7/h8,10,17-23,27-29H,1,9,11-15H2,2-7H3/t17-,18-,19-,20-,21+,22+,23-,25-,26+/m0/s1. The lowest BCUT2D eigenvalue weighted by Crippen LogP contribution is -2.58. The summed E-state index contributed by atoms with van der Waals surface area (Å²) in [6.45, 7) is 17.2. The van der Waals surface area contributed by atoms with Gasteiger partial charge in [0.1, 0.15) is 18.3 Å². The van der Waals surface area contributed by atoms with Gasteiger partial charge in [-0.05, 0) is 75.5 Å². The van der Waals surface area contributed by atoms with Crippen molar-refractivity contribution in [3.05, 3.63) is 24.3 Å². The highest BCUT2D eigenvalue weighted by atomic mass is 16.7. The summed E-state index contributed by atoms with van der Waals surface area (Å²) in [6, 6.07) is 0. The molecule has 5 nitrogen and oxygen atoms in total. The summed E-state index contributed by atoms with van der Waals surface area (Å²) in [5.41, 5.74) is 1.40. The summed E-state index contributed by atoms with van der Waals surface area (Å²) in [5.74, 6) is 1.16. The molecule has 0 bridgehead atoms. The van der Waals surface area contributed by atoms with Crippen molar-refractivity contribution in [2.45, 2.75) is 116 Å². The van der Waals surface area contributed by atoms with Crippen molar-refractivity contribution in [3.8, 4) is 0 Å². The van der Waals surface area contributed by atoms with Crippen LogP contribution < -0.4 is 0 Å².